The molecule has 61 heavy (non-hydrogen) atoms. The van der Waals surface area contributed by atoms with Gasteiger partial charge in [0.2, 0.25) is 0 Å². The Morgan fingerprint density at radius 2 is 1.05 bits per heavy atom. The van der Waals surface area contributed by atoms with E-state index in [1.54, 1.807) is 0 Å². The predicted molar refractivity (Wildman–Crippen MR) is 251 cm³/mol. The van der Waals surface area contributed by atoms with Gasteiger partial charge >= 0.3 is 0 Å². The van der Waals surface area contributed by atoms with Crippen LogP contribution in [0.5, 0.6) is 0 Å². The molecule has 1 unspecified atom stereocenters. The summed E-state index contributed by atoms with van der Waals surface area (Å²) in [7, 11) is -0.736. The summed E-state index contributed by atoms with van der Waals surface area (Å²) < 4.78 is 12.8. The van der Waals surface area contributed by atoms with Crippen molar-refractivity contribution in [3.05, 3.63) is 175 Å². The van der Waals surface area contributed by atoms with Gasteiger partial charge in [0, 0.05) is 60.4 Å². The van der Waals surface area contributed by atoms with E-state index in [0.29, 0.717) is 17.5 Å². The summed E-state index contributed by atoms with van der Waals surface area (Å²) in [5, 5.41) is 3.35. The van der Waals surface area contributed by atoms with Gasteiger partial charge in [0.25, 0.3) is 0 Å². The lowest BCUT2D eigenvalue weighted by molar-refractivity contribution is 0.0289. The summed E-state index contributed by atoms with van der Waals surface area (Å²) >= 11 is 0. The average Bonchev–Trinajstić information content (AvgIpc) is 3.78. The van der Waals surface area contributed by atoms with Crippen molar-refractivity contribution in [3.8, 4) is 45.3 Å². The Morgan fingerprint density at radius 3 is 1.77 bits per heavy atom. The summed E-state index contributed by atoms with van der Waals surface area (Å²) in [5.74, 6) is 1.81. The van der Waals surface area contributed by atoms with Gasteiger partial charge in [0.05, 0.1) is 13.7 Å². The van der Waals surface area contributed by atoms with Crippen molar-refractivity contribution in [1.29, 1.82) is 0 Å². The molecule has 0 N–H and O–H groups in total. The highest BCUT2D eigenvalue weighted by atomic mass is 31.1. The lowest BCUT2D eigenvalue weighted by Crippen LogP contribution is -2.56. The number of furan rings is 1. The molecular weight excluding hydrogens is 768 g/mol. The maximum Gasteiger partial charge on any atom is 0.164 e. The van der Waals surface area contributed by atoms with E-state index < -0.39 is 8.15 Å². The maximum atomic E-state index is 6.50. The van der Waals surface area contributed by atoms with Crippen LogP contribution in [0.2, 0.25) is 0 Å². The van der Waals surface area contributed by atoms with Crippen LogP contribution in [0.15, 0.2) is 168 Å². The average molecular weight is 813 g/mol. The Balaban J connectivity index is 1.03. The second kappa shape index (κ2) is 13.8. The largest absolute Gasteiger partial charge is 0.456 e. The number of aromatic nitrogens is 3. The molecule has 2 aromatic heterocycles. The van der Waals surface area contributed by atoms with Crippen molar-refractivity contribution >= 4 is 52.5 Å². The van der Waals surface area contributed by atoms with E-state index in [9.17, 15) is 0 Å². The second-order valence-electron chi connectivity index (χ2n) is 17.7. The van der Waals surface area contributed by atoms with Gasteiger partial charge in [0.1, 0.15) is 11.2 Å². The third-order valence-corrected chi connectivity index (χ3v) is 16.1. The Labute approximate surface area is 357 Å². The van der Waals surface area contributed by atoms with Crippen LogP contribution in [0.1, 0.15) is 52.7 Å². The zero-order valence-corrected chi connectivity index (χ0v) is 36.0. The van der Waals surface area contributed by atoms with Crippen LogP contribution in [0.3, 0.4) is 0 Å². The fraction of sp³-hybridized carbons (Fsp3) is 0.167. The highest BCUT2D eigenvalue weighted by Gasteiger charge is 2.56. The van der Waals surface area contributed by atoms with Crippen LogP contribution in [-0.2, 0) is 9.94 Å². The zero-order chi connectivity index (χ0) is 41.7. The Kier molecular flexibility index (Phi) is 8.48. The molecule has 1 atom stereocenters. The maximum absolute atomic E-state index is 6.50. The molecule has 9 aromatic rings. The van der Waals surface area contributed by atoms with Gasteiger partial charge in [-0.25, -0.2) is 15.0 Å². The number of hydrogen-bond donors (Lipinski definition) is 0. The van der Waals surface area contributed by atoms with Gasteiger partial charge in [0.15, 0.2) is 17.5 Å². The van der Waals surface area contributed by atoms with Crippen LogP contribution in [0, 0.1) is 0 Å². The van der Waals surface area contributed by atoms with Crippen LogP contribution in [0.25, 0.3) is 67.2 Å². The minimum absolute atomic E-state index is 0.0774. The van der Waals surface area contributed by atoms with Crippen LogP contribution in [-0.4, -0.2) is 25.7 Å². The molecule has 6 nitrogen and oxygen atoms in total. The van der Waals surface area contributed by atoms with Crippen molar-refractivity contribution in [2.24, 2.45) is 0 Å². The Hall–Kier alpha value is -6.46. The number of nitrogens with zero attached hydrogens (tertiary/aromatic N) is 4. The molecule has 0 bridgehead atoms. The fourth-order valence-electron chi connectivity index (χ4n) is 9.11. The summed E-state index contributed by atoms with van der Waals surface area (Å²) in [6, 6.07) is 57.7. The smallest absolute Gasteiger partial charge is 0.164 e. The first-order valence-corrected chi connectivity index (χ1v) is 22.2. The standard InChI is InChI=1S/C54H45N4O2P/c1-52(2)44-20-12-10-17-40(44)41-32-29-38(33-45(41)52)58(37-27-30-39(31-28-37)61-54(5,6)53(3,4)60-61)36-25-23-35(24-26-36)50-55-49(34-15-8-7-9-16-34)56-51(57-50)43-19-14-22-47-48(43)42-18-11-13-21-46(42)59-47/h7-33H,1-6H3. The minimum Gasteiger partial charge on any atom is -0.456 e. The van der Waals surface area contributed by atoms with Crippen LogP contribution in [0.4, 0.5) is 17.1 Å². The molecule has 1 aliphatic heterocycles. The molecule has 1 fully saturated rings. The quantitative estimate of drug-likeness (QED) is 0.149. The lowest BCUT2D eigenvalue weighted by atomic mass is 9.82. The topological polar surface area (TPSA) is 64.3 Å². The van der Waals surface area contributed by atoms with Crippen molar-refractivity contribution in [2.45, 2.75) is 57.7 Å². The molecule has 1 aliphatic carbocycles. The monoisotopic (exact) mass is 812 g/mol. The molecule has 3 heterocycles. The molecule has 2 aliphatic rings. The molecule has 1 saturated heterocycles. The summed E-state index contributed by atoms with van der Waals surface area (Å²) in [6.07, 6.45) is 0. The van der Waals surface area contributed by atoms with Gasteiger partial charge < -0.3 is 13.8 Å². The van der Waals surface area contributed by atoms with Crippen LogP contribution < -0.4 is 10.2 Å². The predicted octanol–water partition coefficient (Wildman–Crippen LogP) is 14.2. The van der Waals surface area contributed by atoms with Gasteiger partial charge in [-0.1, -0.05) is 131 Å². The van der Waals surface area contributed by atoms with E-state index in [-0.39, 0.29) is 16.2 Å². The molecule has 0 amide bonds. The van der Waals surface area contributed by atoms with Gasteiger partial charge in [-0.3, -0.25) is 0 Å². The SMILES string of the molecule is CC1(C)c2ccccc2-c2ccc(N(c3ccc(-c4nc(-c5ccccc5)nc(-c5cccc6oc7ccccc7c56)n4)cc3)c3ccc(P4OC(C)(C)C4(C)C)cc3)cc21. The van der Waals surface area contributed by atoms with Crippen LogP contribution >= 0.6 is 8.15 Å². The second-order valence-corrected chi connectivity index (χ2v) is 20.1. The van der Waals surface area contributed by atoms with E-state index in [2.05, 4.69) is 150 Å². The summed E-state index contributed by atoms with van der Waals surface area (Å²) in [5.41, 5.74) is 12.6. The highest BCUT2D eigenvalue weighted by Crippen LogP contribution is 2.68. The molecule has 11 rings (SSSR count). The van der Waals surface area contributed by atoms with Gasteiger partial charge in [-0.15, -0.1) is 0 Å². The zero-order valence-electron chi connectivity index (χ0n) is 35.1. The number of benzene rings is 7. The van der Waals surface area contributed by atoms with Crippen molar-refractivity contribution < 1.29 is 8.94 Å². The first-order chi connectivity index (χ1) is 29.5. The van der Waals surface area contributed by atoms with Crippen molar-refractivity contribution in [2.75, 3.05) is 4.90 Å². The molecule has 0 spiro atoms. The number of para-hydroxylation sites is 1. The van der Waals surface area contributed by atoms with E-state index in [1.165, 1.54) is 27.6 Å². The van der Waals surface area contributed by atoms with E-state index in [1.807, 2.05) is 60.7 Å². The van der Waals surface area contributed by atoms with Gasteiger partial charge in [-0.05, 0) is 96.8 Å². The molecular formula is C54H45N4O2P. The molecule has 7 heteroatoms. The van der Waals surface area contributed by atoms with Gasteiger partial charge in [-0.2, -0.15) is 0 Å². The Bertz CT molecular complexity index is 3150. The first kappa shape index (κ1) is 37.5. The molecule has 7 aromatic carbocycles. The number of rotatable bonds is 7. The van der Waals surface area contributed by atoms with E-state index in [0.717, 1.165) is 55.7 Å². The van der Waals surface area contributed by atoms with Crippen molar-refractivity contribution in [1.82, 2.24) is 15.0 Å². The molecule has 0 saturated carbocycles. The van der Waals surface area contributed by atoms with E-state index in [4.69, 9.17) is 23.9 Å². The first-order valence-electron chi connectivity index (χ1n) is 20.9. The lowest BCUT2D eigenvalue weighted by Gasteiger charge is -2.57. The number of hydrogen-bond acceptors (Lipinski definition) is 6. The normalized spacial score (nSPS) is 16.9. The fourth-order valence-corrected chi connectivity index (χ4v) is 11.6. The minimum atomic E-state index is -0.736. The number of anilines is 3. The summed E-state index contributed by atoms with van der Waals surface area (Å²) in [4.78, 5) is 17.7. The Morgan fingerprint density at radius 1 is 0.475 bits per heavy atom. The van der Waals surface area contributed by atoms with Crippen molar-refractivity contribution in [3.63, 3.8) is 0 Å². The summed E-state index contributed by atoms with van der Waals surface area (Å²) in [6.45, 7) is 13.7. The molecule has 298 valence electrons. The highest BCUT2D eigenvalue weighted by molar-refractivity contribution is 7.64. The third-order valence-electron chi connectivity index (χ3n) is 13.2. The third kappa shape index (κ3) is 5.96. The number of fused-ring (bicyclic) bond motifs is 6. The van der Waals surface area contributed by atoms with E-state index >= 15 is 0 Å². The molecule has 0 radical (unpaired) electrons.